The second-order valence-corrected chi connectivity index (χ2v) is 5.99. The molecule has 108 valence electrons. The zero-order valence-electron chi connectivity index (χ0n) is 11.1. The second-order valence-electron chi connectivity index (χ2n) is 4.12. The van der Waals surface area contributed by atoms with Gasteiger partial charge < -0.3 is 15.0 Å². The molecule has 0 radical (unpaired) electrons. The van der Waals surface area contributed by atoms with Crippen molar-refractivity contribution in [1.82, 2.24) is 10.1 Å². The quantitative estimate of drug-likeness (QED) is 0.767. The fraction of sp³-hybridized carbons (Fsp3) is 0.385. The lowest BCUT2D eigenvalue weighted by Gasteiger charge is -2.08. The third-order valence-electron chi connectivity index (χ3n) is 2.70. The van der Waals surface area contributed by atoms with Crippen LogP contribution in [0, 0.1) is 0 Å². The normalized spacial score (nSPS) is 12.6. The molecule has 0 aliphatic rings. The van der Waals surface area contributed by atoms with Crippen LogP contribution in [0.15, 0.2) is 38.2 Å². The standard InChI is InChI=1S/C13H16BrN3O2S/c1-18-9(7-15)6-13-16-12(17-19-13)8-20-11-5-3-2-4-10(11)14/h2-5,9H,6-8,15H2,1H3. The maximum Gasteiger partial charge on any atom is 0.229 e. The molecular weight excluding hydrogens is 342 g/mol. The zero-order chi connectivity index (χ0) is 14.4. The Balaban J connectivity index is 1.91. The fourth-order valence-electron chi connectivity index (χ4n) is 1.59. The van der Waals surface area contributed by atoms with Crippen molar-refractivity contribution in [3.8, 4) is 0 Å². The Morgan fingerprint density at radius 1 is 1.45 bits per heavy atom. The molecular formula is C13H16BrN3O2S. The van der Waals surface area contributed by atoms with Gasteiger partial charge in [-0.2, -0.15) is 4.98 Å². The molecule has 0 bridgehead atoms. The molecule has 1 aromatic heterocycles. The summed E-state index contributed by atoms with van der Waals surface area (Å²) >= 11 is 5.17. The number of nitrogens with zero attached hydrogens (tertiary/aromatic N) is 2. The number of methoxy groups -OCH3 is 1. The van der Waals surface area contributed by atoms with Crippen molar-refractivity contribution in [3.63, 3.8) is 0 Å². The van der Waals surface area contributed by atoms with Gasteiger partial charge in [0.25, 0.3) is 0 Å². The summed E-state index contributed by atoms with van der Waals surface area (Å²) in [6.45, 7) is 0.430. The smallest absolute Gasteiger partial charge is 0.229 e. The zero-order valence-corrected chi connectivity index (χ0v) is 13.5. The second kappa shape index (κ2) is 7.78. The SMILES string of the molecule is COC(CN)Cc1nc(CSc2ccccc2Br)no1. The Kier molecular flexibility index (Phi) is 6.03. The van der Waals surface area contributed by atoms with Crippen LogP contribution in [0.5, 0.6) is 0 Å². The molecule has 7 heteroatoms. The number of thioether (sulfide) groups is 1. The lowest BCUT2D eigenvalue weighted by atomic mass is 10.2. The van der Waals surface area contributed by atoms with Crippen LogP contribution in [0.25, 0.3) is 0 Å². The molecule has 0 saturated carbocycles. The van der Waals surface area contributed by atoms with E-state index in [2.05, 4.69) is 26.1 Å². The predicted molar refractivity (Wildman–Crippen MR) is 81.6 cm³/mol. The molecule has 1 atom stereocenters. The summed E-state index contributed by atoms with van der Waals surface area (Å²) in [5.41, 5.74) is 5.57. The summed E-state index contributed by atoms with van der Waals surface area (Å²) < 4.78 is 11.5. The summed E-state index contributed by atoms with van der Waals surface area (Å²) in [6.07, 6.45) is 0.457. The summed E-state index contributed by atoms with van der Waals surface area (Å²) in [6, 6.07) is 8.04. The molecule has 2 rings (SSSR count). The van der Waals surface area contributed by atoms with Gasteiger partial charge in [0.15, 0.2) is 5.82 Å². The van der Waals surface area contributed by atoms with Gasteiger partial charge >= 0.3 is 0 Å². The highest BCUT2D eigenvalue weighted by Gasteiger charge is 2.13. The van der Waals surface area contributed by atoms with Gasteiger partial charge in [0.1, 0.15) is 0 Å². The van der Waals surface area contributed by atoms with Crippen LogP contribution in [0.4, 0.5) is 0 Å². The van der Waals surface area contributed by atoms with Crippen LogP contribution in [-0.4, -0.2) is 29.9 Å². The van der Waals surface area contributed by atoms with Crippen molar-refractivity contribution < 1.29 is 9.26 Å². The lowest BCUT2D eigenvalue weighted by Crippen LogP contribution is -2.24. The van der Waals surface area contributed by atoms with Crippen LogP contribution in [0.2, 0.25) is 0 Å². The highest BCUT2D eigenvalue weighted by atomic mass is 79.9. The number of hydrogen-bond acceptors (Lipinski definition) is 6. The van der Waals surface area contributed by atoms with Crippen LogP contribution in [-0.2, 0) is 16.9 Å². The maximum absolute atomic E-state index is 5.57. The van der Waals surface area contributed by atoms with Crippen molar-refractivity contribution in [2.45, 2.75) is 23.2 Å². The van der Waals surface area contributed by atoms with Crippen molar-refractivity contribution in [2.24, 2.45) is 5.73 Å². The first kappa shape index (κ1) is 15.5. The van der Waals surface area contributed by atoms with E-state index in [1.165, 1.54) is 0 Å². The first-order valence-corrected chi connectivity index (χ1v) is 7.92. The number of ether oxygens (including phenoxy) is 1. The van der Waals surface area contributed by atoms with Gasteiger partial charge in [0.05, 0.1) is 18.3 Å². The van der Waals surface area contributed by atoms with Gasteiger partial charge in [-0.15, -0.1) is 11.8 Å². The third-order valence-corrected chi connectivity index (χ3v) is 4.73. The van der Waals surface area contributed by atoms with E-state index in [1.54, 1.807) is 18.9 Å². The van der Waals surface area contributed by atoms with Gasteiger partial charge in [0, 0.05) is 23.0 Å². The number of rotatable bonds is 7. The van der Waals surface area contributed by atoms with Crippen molar-refractivity contribution in [3.05, 3.63) is 40.5 Å². The Hall–Kier alpha value is -0.890. The van der Waals surface area contributed by atoms with E-state index in [9.17, 15) is 0 Å². The highest BCUT2D eigenvalue weighted by molar-refractivity contribution is 9.10. The molecule has 1 heterocycles. The molecule has 20 heavy (non-hydrogen) atoms. The average Bonchev–Trinajstić information content (AvgIpc) is 2.91. The van der Waals surface area contributed by atoms with Gasteiger partial charge in [-0.05, 0) is 28.1 Å². The highest BCUT2D eigenvalue weighted by Crippen LogP contribution is 2.28. The largest absolute Gasteiger partial charge is 0.380 e. The topological polar surface area (TPSA) is 74.2 Å². The molecule has 0 spiro atoms. The van der Waals surface area contributed by atoms with E-state index in [0.717, 1.165) is 9.37 Å². The minimum atomic E-state index is -0.0841. The van der Waals surface area contributed by atoms with E-state index < -0.39 is 0 Å². The molecule has 0 saturated heterocycles. The number of benzene rings is 1. The fourth-order valence-corrected chi connectivity index (χ4v) is 3.00. The van der Waals surface area contributed by atoms with E-state index in [4.69, 9.17) is 15.0 Å². The predicted octanol–water partition coefficient (Wildman–Crippen LogP) is 2.64. The summed E-state index contributed by atoms with van der Waals surface area (Å²) in [5, 5.41) is 3.96. The molecule has 2 N–H and O–H groups in total. The van der Waals surface area contributed by atoms with E-state index in [1.807, 2.05) is 24.3 Å². The Bertz CT molecular complexity index is 546. The molecule has 0 aliphatic carbocycles. The molecule has 0 amide bonds. The molecule has 0 aliphatic heterocycles. The monoisotopic (exact) mass is 357 g/mol. The minimum Gasteiger partial charge on any atom is -0.380 e. The van der Waals surface area contributed by atoms with Gasteiger partial charge in [-0.25, -0.2) is 0 Å². The molecule has 1 unspecified atom stereocenters. The minimum absolute atomic E-state index is 0.0841. The van der Waals surface area contributed by atoms with E-state index in [0.29, 0.717) is 30.4 Å². The Morgan fingerprint density at radius 2 is 2.25 bits per heavy atom. The molecule has 0 fully saturated rings. The number of halogens is 1. The molecule has 2 aromatic rings. The van der Waals surface area contributed by atoms with Gasteiger partial charge in [-0.1, -0.05) is 17.3 Å². The maximum atomic E-state index is 5.57. The average molecular weight is 358 g/mol. The summed E-state index contributed by atoms with van der Waals surface area (Å²) in [4.78, 5) is 5.49. The van der Waals surface area contributed by atoms with Crippen LogP contribution in [0.3, 0.4) is 0 Å². The van der Waals surface area contributed by atoms with E-state index >= 15 is 0 Å². The first-order valence-electron chi connectivity index (χ1n) is 6.14. The summed E-state index contributed by atoms with van der Waals surface area (Å²) in [7, 11) is 1.62. The van der Waals surface area contributed by atoms with Crippen molar-refractivity contribution in [1.29, 1.82) is 0 Å². The van der Waals surface area contributed by atoms with Crippen LogP contribution >= 0.6 is 27.7 Å². The third kappa shape index (κ3) is 4.31. The number of nitrogens with two attached hydrogens (primary N) is 1. The van der Waals surface area contributed by atoms with Gasteiger partial charge in [0.2, 0.25) is 5.89 Å². The Morgan fingerprint density at radius 3 is 2.95 bits per heavy atom. The molecule has 5 nitrogen and oxygen atoms in total. The lowest BCUT2D eigenvalue weighted by molar-refractivity contribution is 0.102. The molecule has 1 aromatic carbocycles. The summed E-state index contributed by atoms with van der Waals surface area (Å²) in [5.74, 6) is 1.89. The van der Waals surface area contributed by atoms with Crippen molar-refractivity contribution >= 4 is 27.7 Å². The number of aromatic nitrogens is 2. The number of hydrogen-bond donors (Lipinski definition) is 1. The first-order chi connectivity index (χ1) is 9.72. The van der Waals surface area contributed by atoms with Crippen LogP contribution in [0.1, 0.15) is 11.7 Å². The van der Waals surface area contributed by atoms with Crippen molar-refractivity contribution in [2.75, 3.05) is 13.7 Å². The van der Waals surface area contributed by atoms with E-state index in [-0.39, 0.29) is 6.10 Å². The Labute approximate surface area is 130 Å². The van der Waals surface area contributed by atoms with Gasteiger partial charge in [-0.3, -0.25) is 0 Å². The van der Waals surface area contributed by atoms with Crippen LogP contribution < -0.4 is 5.73 Å².